The van der Waals surface area contributed by atoms with Crippen molar-refractivity contribution in [2.75, 3.05) is 11.9 Å². The maximum Gasteiger partial charge on any atom is 0.149 e. The summed E-state index contributed by atoms with van der Waals surface area (Å²) in [6, 6.07) is 2.89. The van der Waals surface area contributed by atoms with Crippen LogP contribution < -0.4 is 5.32 Å². The van der Waals surface area contributed by atoms with E-state index in [-0.39, 0.29) is 16.7 Å². The number of aromatic nitrogens is 1. The quantitative estimate of drug-likeness (QED) is 0.895. The van der Waals surface area contributed by atoms with Crippen molar-refractivity contribution in [1.29, 1.82) is 0 Å². The largest absolute Gasteiger partial charge is 0.370 e. The zero-order valence-corrected chi connectivity index (χ0v) is 11.5. The van der Waals surface area contributed by atoms with E-state index >= 15 is 0 Å². The molecule has 2 aromatic rings. The Balaban J connectivity index is 2.66. The molecule has 1 aromatic heterocycles. The van der Waals surface area contributed by atoms with Gasteiger partial charge in [-0.15, -0.1) is 0 Å². The van der Waals surface area contributed by atoms with E-state index in [1.807, 2.05) is 13.8 Å². The lowest BCUT2D eigenvalue weighted by molar-refractivity contribution is 0.607. The highest BCUT2D eigenvalue weighted by Crippen LogP contribution is 2.27. The molecule has 0 saturated carbocycles. The fourth-order valence-electron chi connectivity index (χ4n) is 2.10. The van der Waals surface area contributed by atoms with Gasteiger partial charge in [-0.25, -0.2) is 13.8 Å². The third-order valence-electron chi connectivity index (χ3n) is 3.18. The zero-order chi connectivity index (χ0) is 14.0. The lowest BCUT2D eigenvalue weighted by atomic mass is 10.1. The average molecular weight is 264 g/mol. The monoisotopic (exact) mass is 264 g/mol. The Morgan fingerprint density at radius 2 is 1.95 bits per heavy atom. The summed E-state index contributed by atoms with van der Waals surface area (Å²) in [5.74, 6) is -0.212. The SMILES string of the molecule is CCCNc1nc2c(F)cc(C)c(F)c2cc1CC. The van der Waals surface area contributed by atoms with Crippen LogP contribution in [0.3, 0.4) is 0 Å². The summed E-state index contributed by atoms with van der Waals surface area (Å²) < 4.78 is 28.0. The predicted molar refractivity (Wildman–Crippen MR) is 74.6 cm³/mol. The van der Waals surface area contributed by atoms with E-state index in [1.165, 1.54) is 6.07 Å². The summed E-state index contributed by atoms with van der Waals surface area (Å²) in [5.41, 5.74) is 1.31. The molecule has 0 bridgehead atoms. The van der Waals surface area contributed by atoms with E-state index < -0.39 is 5.82 Å². The third-order valence-corrected chi connectivity index (χ3v) is 3.18. The van der Waals surface area contributed by atoms with Gasteiger partial charge in [-0.3, -0.25) is 0 Å². The minimum Gasteiger partial charge on any atom is -0.370 e. The Hall–Kier alpha value is -1.71. The molecule has 102 valence electrons. The summed E-state index contributed by atoms with van der Waals surface area (Å²) in [5, 5.41) is 3.43. The molecule has 4 heteroatoms. The Labute approximate surface area is 111 Å². The average Bonchev–Trinajstić information content (AvgIpc) is 2.41. The smallest absolute Gasteiger partial charge is 0.149 e. The maximum atomic E-state index is 14.1. The van der Waals surface area contributed by atoms with Crippen molar-refractivity contribution in [3.05, 3.63) is 34.9 Å². The van der Waals surface area contributed by atoms with Gasteiger partial charge in [0.15, 0.2) is 0 Å². The van der Waals surface area contributed by atoms with Gasteiger partial charge in [-0.05, 0) is 43.0 Å². The molecule has 0 fully saturated rings. The molecule has 0 aliphatic rings. The number of nitrogens with one attached hydrogen (secondary N) is 1. The summed E-state index contributed by atoms with van der Waals surface area (Å²) in [4.78, 5) is 4.26. The minimum atomic E-state index is -0.476. The van der Waals surface area contributed by atoms with Gasteiger partial charge in [0.05, 0.1) is 0 Å². The lowest BCUT2D eigenvalue weighted by Gasteiger charge is -2.12. The van der Waals surface area contributed by atoms with Gasteiger partial charge in [-0.1, -0.05) is 13.8 Å². The van der Waals surface area contributed by atoms with Crippen LogP contribution in [-0.2, 0) is 6.42 Å². The van der Waals surface area contributed by atoms with Crippen LogP contribution in [-0.4, -0.2) is 11.5 Å². The van der Waals surface area contributed by atoms with E-state index in [1.54, 1.807) is 13.0 Å². The number of aryl methyl sites for hydroxylation is 2. The molecule has 0 aliphatic carbocycles. The first-order chi connectivity index (χ1) is 9.08. The normalized spacial score (nSPS) is 11.0. The van der Waals surface area contributed by atoms with Gasteiger partial charge >= 0.3 is 0 Å². The highest BCUT2D eigenvalue weighted by Gasteiger charge is 2.14. The minimum absolute atomic E-state index is 0.0962. The van der Waals surface area contributed by atoms with E-state index in [0.717, 1.165) is 24.9 Å². The zero-order valence-electron chi connectivity index (χ0n) is 11.5. The molecule has 0 saturated heterocycles. The maximum absolute atomic E-state index is 14.1. The molecule has 0 aliphatic heterocycles. The summed E-state index contributed by atoms with van der Waals surface area (Å²) >= 11 is 0. The van der Waals surface area contributed by atoms with Crippen molar-refractivity contribution in [3.8, 4) is 0 Å². The Kier molecular flexibility index (Phi) is 3.98. The number of nitrogens with zero attached hydrogens (tertiary/aromatic N) is 1. The van der Waals surface area contributed by atoms with Crippen molar-refractivity contribution in [3.63, 3.8) is 0 Å². The van der Waals surface area contributed by atoms with Crippen LogP contribution in [0, 0.1) is 18.6 Å². The lowest BCUT2D eigenvalue weighted by Crippen LogP contribution is -2.06. The molecule has 2 rings (SSSR count). The van der Waals surface area contributed by atoms with Crippen molar-refractivity contribution in [1.82, 2.24) is 4.98 Å². The fraction of sp³-hybridized carbons (Fsp3) is 0.400. The fourth-order valence-corrected chi connectivity index (χ4v) is 2.10. The molecule has 1 N–H and O–H groups in total. The molecule has 0 amide bonds. The second-order valence-corrected chi connectivity index (χ2v) is 4.66. The molecule has 0 spiro atoms. The van der Waals surface area contributed by atoms with Crippen molar-refractivity contribution < 1.29 is 8.78 Å². The number of pyridine rings is 1. The van der Waals surface area contributed by atoms with Gasteiger partial charge in [0.2, 0.25) is 0 Å². The van der Waals surface area contributed by atoms with E-state index in [0.29, 0.717) is 11.4 Å². The van der Waals surface area contributed by atoms with Gasteiger partial charge in [0, 0.05) is 11.9 Å². The van der Waals surface area contributed by atoms with E-state index in [2.05, 4.69) is 10.3 Å². The van der Waals surface area contributed by atoms with Crippen LogP contribution in [0.1, 0.15) is 31.4 Å². The highest BCUT2D eigenvalue weighted by molar-refractivity contribution is 5.83. The molecule has 2 nitrogen and oxygen atoms in total. The topological polar surface area (TPSA) is 24.9 Å². The van der Waals surface area contributed by atoms with Crippen LogP contribution in [0.4, 0.5) is 14.6 Å². The summed E-state index contributed by atoms with van der Waals surface area (Å²) in [7, 11) is 0. The number of hydrogen-bond acceptors (Lipinski definition) is 2. The number of anilines is 1. The Bertz CT molecular complexity index is 609. The summed E-state index contributed by atoms with van der Waals surface area (Å²) in [6.07, 6.45) is 1.68. The van der Waals surface area contributed by atoms with E-state index in [4.69, 9.17) is 0 Å². The number of rotatable bonds is 4. The van der Waals surface area contributed by atoms with Gasteiger partial charge in [0.1, 0.15) is 23.0 Å². The Morgan fingerprint density at radius 3 is 2.58 bits per heavy atom. The molecule has 19 heavy (non-hydrogen) atoms. The predicted octanol–water partition coefficient (Wildman–Crippen LogP) is 4.21. The molecule has 1 aromatic carbocycles. The highest BCUT2D eigenvalue weighted by atomic mass is 19.1. The van der Waals surface area contributed by atoms with Crippen LogP contribution in [0.25, 0.3) is 10.9 Å². The molecular formula is C15H18F2N2. The molecule has 0 atom stereocenters. The number of hydrogen-bond donors (Lipinski definition) is 1. The van der Waals surface area contributed by atoms with Gasteiger partial charge < -0.3 is 5.32 Å². The first kappa shape index (κ1) is 13.7. The summed E-state index contributed by atoms with van der Waals surface area (Å²) in [6.45, 7) is 6.35. The standard InChI is InChI=1S/C15H18F2N2/c1-4-6-18-15-10(5-2)8-11-13(17)9(3)7-12(16)14(11)19-15/h7-8H,4-6H2,1-3H3,(H,18,19). The second-order valence-electron chi connectivity index (χ2n) is 4.66. The van der Waals surface area contributed by atoms with Crippen LogP contribution >= 0.6 is 0 Å². The number of halogens is 2. The van der Waals surface area contributed by atoms with Crippen molar-refractivity contribution in [2.45, 2.75) is 33.6 Å². The number of fused-ring (bicyclic) bond motifs is 1. The number of benzene rings is 1. The van der Waals surface area contributed by atoms with Crippen molar-refractivity contribution >= 4 is 16.7 Å². The molecular weight excluding hydrogens is 246 g/mol. The third kappa shape index (κ3) is 2.53. The first-order valence-electron chi connectivity index (χ1n) is 6.60. The van der Waals surface area contributed by atoms with E-state index in [9.17, 15) is 8.78 Å². The first-order valence-corrected chi connectivity index (χ1v) is 6.60. The van der Waals surface area contributed by atoms with Gasteiger partial charge in [0.25, 0.3) is 0 Å². The second kappa shape index (κ2) is 5.51. The van der Waals surface area contributed by atoms with Crippen LogP contribution in [0.2, 0.25) is 0 Å². The van der Waals surface area contributed by atoms with Crippen LogP contribution in [0.5, 0.6) is 0 Å². The van der Waals surface area contributed by atoms with Crippen LogP contribution in [0.15, 0.2) is 12.1 Å². The van der Waals surface area contributed by atoms with Crippen molar-refractivity contribution in [2.24, 2.45) is 0 Å². The molecule has 0 radical (unpaired) electrons. The molecule has 0 unspecified atom stereocenters. The Morgan fingerprint density at radius 1 is 1.21 bits per heavy atom. The molecule has 1 heterocycles. The van der Waals surface area contributed by atoms with Gasteiger partial charge in [-0.2, -0.15) is 0 Å².